The molecule has 5 heteroatoms. The maximum absolute atomic E-state index is 12.0. The van der Waals surface area contributed by atoms with Gasteiger partial charge in [-0.05, 0) is 18.9 Å². The van der Waals surface area contributed by atoms with E-state index in [4.69, 9.17) is 9.84 Å². The molecule has 0 aromatic heterocycles. The second kappa shape index (κ2) is 4.26. The van der Waals surface area contributed by atoms with Crippen molar-refractivity contribution in [2.24, 2.45) is 5.92 Å². The van der Waals surface area contributed by atoms with Crippen LogP contribution in [0.4, 0.5) is 0 Å². The lowest BCUT2D eigenvalue weighted by atomic mass is 9.87. The second-order valence-electron chi connectivity index (χ2n) is 5.12. The summed E-state index contributed by atoms with van der Waals surface area (Å²) < 4.78 is 5.60. The van der Waals surface area contributed by atoms with Gasteiger partial charge < -0.3 is 15.2 Å². The standard InChI is InChI=1S/C14H15NO4/c16-12(17)8-15-13(18)10-7-14(10)5-6-19-11-4-2-1-3-9(11)14/h1-4,10H,5-8H2,(H,15,18)(H,16,17)/t10-,14-/m0/s1. The molecule has 1 aromatic rings. The van der Waals surface area contributed by atoms with Gasteiger partial charge in [0.15, 0.2) is 0 Å². The summed E-state index contributed by atoms with van der Waals surface area (Å²) in [5.74, 6) is -0.464. The molecule has 0 bridgehead atoms. The molecule has 19 heavy (non-hydrogen) atoms. The zero-order chi connectivity index (χ0) is 13.5. The third-order valence-corrected chi connectivity index (χ3v) is 4.03. The third-order valence-electron chi connectivity index (χ3n) is 4.03. The molecule has 100 valence electrons. The number of carboxylic acid groups (broad SMARTS) is 1. The highest BCUT2D eigenvalue weighted by Crippen LogP contribution is 2.60. The van der Waals surface area contributed by atoms with E-state index in [1.807, 2.05) is 24.3 Å². The molecular formula is C14H15NO4. The second-order valence-corrected chi connectivity index (χ2v) is 5.12. The zero-order valence-corrected chi connectivity index (χ0v) is 10.4. The minimum absolute atomic E-state index is 0.128. The Kier molecular flexibility index (Phi) is 2.69. The van der Waals surface area contributed by atoms with Gasteiger partial charge >= 0.3 is 5.97 Å². The largest absolute Gasteiger partial charge is 0.493 e. The first-order valence-electron chi connectivity index (χ1n) is 6.35. The highest BCUT2D eigenvalue weighted by atomic mass is 16.5. The van der Waals surface area contributed by atoms with E-state index in [2.05, 4.69) is 5.32 Å². The number of nitrogens with one attached hydrogen (secondary N) is 1. The number of ether oxygens (including phenoxy) is 1. The maximum atomic E-state index is 12.0. The molecule has 1 fully saturated rings. The number of aliphatic carboxylic acids is 1. The summed E-state index contributed by atoms with van der Waals surface area (Å²) in [6, 6.07) is 7.78. The van der Waals surface area contributed by atoms with E-state index in [1.165, 1.54) is 0 Å². The smallest absolute Gasteiger partial charge is 0.322 e. The Morgan fingerprint density at radius 2 is 2.21 bits per heavy atom. The quantitative estimate of drug-likeness (QED) is 0.848. The molecule has 2 N–H and O–H groups in total. The lowest BCUT2D eigenvalue weighted by molar-refractivity contribution is -0.138. The van der Waals surface area contributed by atoms with Gasteiger partial charge in [-0.25, -0.2) is 0 Å². The lowest BCUT2D eigenvalue weighted by Crippen LogP contribution is -2.34. The third kappa shape index (κ3) is 1.95. The van der Waals surface area contributed by atoms with Gasteiger partial charge in [0.1, 0.15) is 12.3 Å². The molecule has 2 atom stereocenters. The molecule has 0 radical (unpaired) electrons. The summed E-state index contributed by atoms with van der Waals surface area (Å²) in [4.78, 5) is 22.5. The highest BCUT2D eigenvalue weighted by molar-refractivity contribution is 5.87. The van der Waals surface area contributed by atoms with Crippen molar-refractivity contribution < 1.29 is 19.4 Å². The van der Waals surface area contributed by atoms with Gasteiger partial charge in [-0.2, -0.15) is 0 Å². The average molecular weight is 261 g/mol. The van der Waals surface area contributed by atoms with Crippen molar-refractivity contribution in [1.29, 1.82) is 0 Å². The number of amides is 1. The van der Waals surface area contributed by atoms with E-state index >= 15 is 0 Å². The van der Waals surface area contributed by atoms with Crippen LogP contribution in [0, 0.1) is 5.92 Å². The van der Waals surface area contributed by atoms with Crippen molar-refractivity contribution in [3.8, 4) is 5.75 Å². The van der Waals surface area contributed by atoms with Gasteiger partial charge in [-0.1, -0.05) is 18.2 Å². The molecule has 2 aliphatic rings. The summed E-state index contributed by atoms with van der Waals surface area (Å²) in [6.45, 7) is 0.295. The van der Waals surface area contributed by atoms with Crippen LogP contribution in [0.25, 0.3) is 0 Å². The highest BCUT2D eigenvalue weighted by Gasteiger charge is 2.60. The summed E-state index contributed by atoms with van der Waals surface area (Å²) >= 11 is 0. The van der Waals surface area contributed by atoms with Gasteiger partial charge in [0.05, 0.1) is 6.61 Å². The first kappa shape index (κ1) is 12.0. The minimum Gasteiger partial charge on any atom is -0.493 e. The fourth-order valence-corrected chi connectivity index (χ4v) is 2.99. The molecule has 1 aliphatic heterocycles. The normalized spacial score (nSPS) is 27.3. The lowest BCUT2D eigenvalue weighted by Gasteiger charge is -2.26. The minimum atomic E-state index is -1.02. The molecule has 1 amide bonds. The summed E-state index contributed by atoms with van der Waals surface area (Å²) in [7, 11) is 0. The van der Waals surface area contributed by atoms with E-state index < -0.39 is 5.97 Å². The van der Waals surface area contributed by atoms with E-state index in [-0.39, 0.29) is 23.8 Å². The van der Waals surface area contributed by atoms with Crippen LogP contribution in [0.3, 0.4) is 0 Å². The Morgan fingerprint density at radius 1 is 1.42 bits per heavy atom. The SMILES string of the molecule is O=C(O)CNC(=O)[C@@H]1C[C@]12CCOc1ccccc12. The number of fused-ring (bicyclic) bond motifs is 2. The van der Waals surface area contributed by atoms with E-state index in [1.54, 1.807) is 0 Å². The molecular weight excluding hydrogens is 246 g/mol. The number of rotatable bonds is 3. The van der Waals surface area contributed by atoms with Crippen LogP contribution in [0.15, 0.2) is 24.3 Å². The Morgan fingerprint density at radius 3 is 3.00 bits per heavy atom. The van der Waals surface area contributed by atoms with Crippen LogP contribution < -0.4 is 10.1 Å². The summed E-state index contributed by atoms with van der Waals surface area (Å²) in [5.41, 5.74) is 0.939. The van der Waals surface area contributed by atoms with Crippen LogP contribution >= 0.6 is 0 Å². The first-order valence-corrected chi connectivity index (χ1v) is 6.35. The number of carbonyl (C=O) groups is 2. The van der Waals surface area contributed by atoms with Gasteiger partial charge in [-0.3, -0.25) is 9.59 Å². The monoisotopic (exact) mass is 261 g/mol. The average Bonchev–Trinajstić information content (AvgIpc) is 3.12. The maximum Gasteiger partial charge on any atom is 0.322 e. The van der Waals surface area contributed by atoms with E-state index in [0.29, 0.717) is 6.61 Å². The topological polar surface area (TPSA) is 75.6 Å². The molecule has 1 saturated carbocycles. The number of carboxylic acids is 1. The van der Waals surface area contributed by atoms with E-state index in [9.17, 15) is 9.59 Å². The Hall–Kier alpha value is -2.04. The molecule has 0 saturated heterocycles. The van der Waals surface area contributed by atoms with Gasteiger partial charge in [0.25, 0.3) is 0 Å². The number of carbonyl (C=O) groups excluding carboxylic acids is 1. The van der Waals surface area contributed by atoms with Crippen molar-refractivity contribution in [3.05, 3.63) is 29.8 Å². The fraction of sp³-hybridized carbons (Fsp3) is 0.429. The van der Waals surface area contributed by atoms with E-state index in [0.717, 1.165) is 24.2 Å². The van der Waals surface area contributed by atoms with Gasteiger partial charge in [0.2, 0.25) is 5.91 Å². The molecule has 1 heterocycles. The van der Waals surface area contributed by atoms with Crippen molar-refractivity contribution in [1.82, 2.24) is 5.32 Å². The van der Waals surface area contributed by atoms with Crippen LogP contribution in [0.2, 0.25) is 0 Å². The van der Waals surface area contributed by atoms with Gasteiger partial charge in [0, 0.05) is 16.9 Å². The molecule has 1 spiro atoms. The zero-order valence-electron chi connectivity index (χ0n) is 10.4. The molecule has 1 aliphatic carbocycles. The van der Waals surface area contributed by atoms with Crippen LogP contribution in [-0.4, -0.2) is 30.1 Å². The fourth-order valence-electron chi connectivity index (χ4n) is 2.99. The molecule has 5 nitrogen and oxygen atoms in total. The van der Waals surface area contributed by atoms with Crippen molar-refractivity contribution in [2.45, 2.75) is 18.3 Å². The van der Waals surface area contributed by atoms with Crippen molar-refractivity contribution in [3.63, 3.8) is 0 Å². The number of para-hydroxylation sites is 1. The number of benzene rings is 1. The summed E-state index contributed by atoms with van der Waals surface area (Å²) in [5, 5.41) is 11.1. The Labute approximate surface area is 110 Å². The molecule has 3 rings (SSSR count). The van der Waals surface area contributed by atoms with Crippen molar-refractivity contribution in [2.75, 3.05) is 13.2 Å². The summed E-state index contributed by atoms with van der Waals surface area (Å²) in [6.07, 6.45) is 1.59. The Balaban J connectivity index is 1.78. The Bertz CT molecular complexity index is 542. The van der Waals surface area contributed by atoms with Crippen LogP contribution in [-0.2, 0) is 15.0 Å². The van der Waals surface area contributed by atoms with Gasteiger partial charge in [-0.15, -0.1) is 0 Å². The first-order chi connectivity index (χ1) is 9.13. The van der Waals surface area contributed by atoms with Crippen molar-refractivity contribution >= 4 is 11.9 Å². The predicted molar refractivity (Wildman–Crippen MR) is 67.0 cm³/mol. The number of hydrogen-bond acceptors (Lipinski definition) is 3. The molecule has 1 aromatic carbocycles. The molecule has 0 unspecified atom stereocenters. The van der Waals surface area contributed by atoms with Crippen LogP contribution in [0.1, 0.15) is 18.4 Å². The number of hydrogen-bond donors (Lipinski definition) is 2. The predicted octanol–water partition coefficient (Wildman–Crippen LogP) is 0.928. The van der Waals surface area contributed by atoms with Crippen LogP contribution in [0.5, 0.6) is 5.75 Å².